The molecule has 2 heterocycles. The second kappa shape index (κ2) is 11.3. The fourth-order valence-corrected chi connectivity index (χ4v) is 7.25. The van der Waals surface area contributed by atoms with E-state index in [1.165, 1.54) is 20.4 Å². The Morgan fingerprint density at radius 2 is 1.94 bits per heavy atom. The molecule has 7 heteroatoms. The number of carbonyl (C=O) groups is 1. The Balaban J connectivity index is 1.59. The maximum absolute atomic E-state index is 13.1. The number of benzene rings is 2. The third kappa shape index (κ3) is 6.10. The predicted octanol–water partition coefficient (Wildman–Crippen LogP) is 6.28. The van der Waals surface area contributed by atoms with Crippen molar-refractivity contribution in [3.05, 3.63) is 81.9 Å². The van der Waals surface area contributed by atoms with E-state index in [0.717, 1.165) is 40.7 Å². The Morgan fingerprint density at radius 1 is 1.11 bits per heavy atom. The van der Waals surface area contributed by atoms with Crippen LogP contribution in [0.15, 0.2) is 54.7 Å². The maximum Gasteiger partial charge on any atom is -0.0381 e. The average molecular weight is 589 g/mol. The molecule has 0 unspecified atom stereocenters. The van der Waals surface area contributed by atoms with Gasteiger partial charge in [-0.1, -0.05) is 17.7 Å². The van der Waals surface area contributed by atoms with E-state index >= 15 is 0 Å². The van der Waals surface area contributed by atoms with Gasteiger partial charge in [0.1, 0.15) is 6.07 Å². The Kier molecular flexibility index (Phi) is 8.22. The van der Waals surface area contributed by atoms with Crippen molar-refractivity contribution in [3.8, 4) is 16.5 Å². The monoisotopic (exact) mass is 590 g/mol. The Hall–Kier alpha value is -2.73. The average Bonchev–Trinajstić information content (AvgIpc) is 3.30. The minimum atomic E-state index is -1.14. The SMILES string of the molecule is Cc1ccc(C(=O)Nc2c(C#N)cnc3cc(-c4ccc(CNC[CH2][SnH]([CH3])[CH3])s4)ccc23)c(C)c1. The summed E-state index contributed by atoms with van der Waals surface area (Å²) in [6, 6.07) is 18.2. The number of carbonyl (C=O) groups excluding carboxylic acids is 1. The van der Waals surface area contributed by atoms with Crippen molar-refractivity contribution >= 4 is 53.6 Å². The quantitative estimate of drug-likeness (QED) is 0.187. The molecule has 0 fully saturated rings. The van der Waals surface area contributed by atoms with Crippen LogP contribution in [0.3, 0.4) is 0 Å². The number of amides is 1. The molecule has 0 spiro atoms. The van der Waals surface area contributed by atoms with Gasteiger partial charge in [0.2, 0.25) is 0 Å². The van der Waals surface area contributed by atoms with Gasteiger partial charge in [-0.2, -0.15) is 5.26 Å². The van der Waals surface area contributed by atoms with Crippen LogP contribution >= 0.6 is 11.3 Å². The van der Waals surface area contributed by atoms with Gasteiger partial charge in [-0.25, -0.2) is 0 Å². The number of aromatic nitrogens is 1. The van der Waals surface area contributed by atoms with Gasteiger partial charge in [-0.05, 0) is 25.5 Å². The van der Waals surface area contributed by atoms with Crippen molar-refractivity contribution in [2.45, 2.75) is 34.7 Å². The number of nitriles is 1. The van der Waals surface area contributed by atoms with Gasteiger partial charge in [0.05, 0.1) is 5.56 Å². The number of hydrogen-bond acceptors (Lipinski definition) is 5. The number of nitrogens with one attached hydrogen (secondary N) is 2. The van der Waals surface area contributed by atoms with E-state index in [0.29, 0.717) is 16.8 Å². The summed E-state index contributed by atoms with van der Waals surface area (Å²) in [5.41, 5.74) is 5.27. The molecule has 1 amide bonds. The molecule has 0 atom stereocenters. The molecule has 0 aliphatic rings. The van der Waals surface area contributed by atoms with E-state index in [-0.39, 0.29) is 5.91 Å². The standard InChI is InChI=1S/C26H23N4OS.2CH3.Sn.H/c1-4-28-15-20-7-10-24(32-20)18-6-9-22-23(12-18)29-14-19(13-27)25(22)30-26(31)21-8-5-16(2)11-17(21)3;;;;/h5-12,14,28H,1,4,15H2,2-3H3,(H,29,30,31);2*1H3;;. The molecule has 0 aliphatic heterocycles. The molecule has 2 aromatic carbocycles. The van der Waals surface area contributed by atoms with Crippen LogP contribution in [0.2, 0.25) is 14.3 Å². The van der Waals surface area contributed by atoms with E-state index < -0.39 is 19.8 Å². The summed E-state index contributed by atoms with van der Waals surface area (Å²) >= 11 is 0.639. The van der Waals surface area contributed by atoms with Crippen LogP contribution in [0.25, 0.3) is 21.3 Å². The second-order valence-corrected chi connectivity index (χ2v) is 20.1. The summed E-state index contributed by atoms with van der Waals surface area (Å²) in [6.45, 7) is 5.92. The predicted molar refractivity (Wildman–Crippen MR) is 149 cm³/mol. The van der Waals surface area contributed by atoms with Gasteiger partial charge >= 0.3 is 137 Å². The minimum Gasteiger partial charge on any atom is -0.0556 e. The molecule has 0 radical (unpaired) electrons. The van der Waals surface area contributed by atoms with Crippen molar-refractivity contribution in [2.75, 3.05) is 11.9 Å². The van der Waals surface area contributed by atoms with Crippen LogP contribution in [0.4, 0.5) is 5.69 Å². The topological polar surface area (TPSA) is 77.8 Å². The number of nitrogens with zero attached hydrogens (tertiary/aromatic N) is 2. The van der Waals surface area contributed by atoms with Crippen LogP contribution in [0.5, 0.6) is 0 Å². The number of anilines is 1. The zero-order valence-corrected chi connectivity index (χ0v) is 24.7. The van der Waals surface area contributed by atoms with Crippen molar-refractivity contribution in [3.63, 3.8) is 0 Å². The first kappa shape index (κ1) is 25.4. The van der Waals surface area contributed by atoms with E-state index in [1.54, 1.807) is 11.3 Å². The number of rotatable bonds is 8. The van der Waals surface area contributed by atoms with Crippen molar-refractivity contribution in [1.82, 2.24) is 10.3 Å². The molecular formula is C28H30N4OSSn. The van der Waals surface area contributed by atoms with Gasteiger partial charge in [-0.15, -0.1) is 0 Å². The number of fused-ring (bicyclic) bond motifs is 1. The molecule has 2 N–H and O–H groups in total. The molecule has 4 rings (SSSR count). The molecular weight excluding hydrogens is 559 g/mol. The van der Waals surface area contributed by atoms with E-state index in [4.69, 9.17) is 0 Å². The molecule has 178 valence electrons. The molecule has 0 bridgehead atoms. The third-order valence-electron chi connectivity index (χ3n) is 6.00. The summed E-state index contributed by atoms with van der Waals surface area (Å²) in [4.78, 5) is 25.0. The van der Waals surface area contributed by atoms with Gasteiger partial charge in [-0.3, -0.25) is 4.79 Å². The number of hydrogen-bond donors (Lipinski definition) is 2. The van der Waals surface area contributed by atoms with Crippen LogP contribution < -0.4 is 10.6 Å². The fraction of sp³-hybridized carbons (Fsp3) is 0.250. The fourth-order valence-electron chi connectivity index (χ4n) is 4.05. The first-order valence-corrected chi connectivity index (χ1v) is 21.6. The smallest absolute Gasteiger partial charge is 0.0381 e. The van der Waals surface area contributed by atoms with Crippen LogP contribution in [0.1, 0.15) is 31.9 Å². The molecule has 0 aliphatic carbocycles. The first-order valence-electron chi connectivity index (χ1n) is 11.9. The van der Waals surface area contributed by atoms with Gasteiger partial charge < -0.3 is 5.32 Å². The van der Waals surface area contributed by atoms with E-state index in [1.807, 2.05) is 50.2 Å². The Bertz CT molecular complexity index is 1420. The van der Waals surface area contributed by atoms with Gasteiger partial charge in [0.15, 0.2) is 0 Å². The maximum atomic E-state index is 13.1. The zero-order valence-electron chi connectivity index (χ0n) is 20.6. The summed E-state index contributed by atoms with van der Waals surface area (Å²) < 4.78 is 1.38. The van der Waals surface area contributed by atoms with Gasteiger partial charge in [0, 0.05) is 5.56 Å². The summed E-state index contributed by atoms with van der Waals surface area (Å²) in [5.74, 6) is -0.229. The molecule has 0 saturated carbocycles. The van der Waals surface area contributed by atoms with Crippen LogP contribution in [-0.2, 0) is 6.54 Å². The van der Waals surface area contributed by atoms with E-state index in [2.05, 4.69) is 43.7 Å². The molecule has 5 nitrogen and oxygen atoms in total. The number of aryl methyl sites for hydroxylation is 2. The molecule has 2 aromatic heterocycles. The first-order chi connectivity index (χ1) is 16.9. The molecule has 35 heavy (non-hydrogen) atoms. The third-order valence-corrected chi connectivity index (χ3v) is 11.3. The van der Waals surface area contributed by atoms with Gasteiger partial charge in [0.25, 0.3) is 5.91 Å². The minimum absolute atomic E-state index is 0.229. The number of pyridine rings is 1. The Morgan fingerprint density at radius 3 is 2.69 bits per heavy atom. The van der Waals surface area contributed by atoms with E-state index in [9.17, 15) is 10.1 Å². The molecule has 4 aromatic rings. The summed E-state index contributed by atoms with van der Waals surface area (Å²) in [5, 5.41) is 17.0. The van der Waals surface area contributed by atoms with Crippen LogP contribution in [-0.4, -0.2) is 37.2 Å². The largest absolute Gasteiger partial charge is 0.0556 e. The number of thiophene rings is 1. The van der Waals surface area contributed by atoms with Crippen molar-refractivity contribution < 1.29 is 4.79 Å². The zero-order chi connectivity index (χ0) is 24.9. The summed E-state index contributed by atoms with van der Waals surface area (Å²) in [6.07, 6.45) is 1.53. The van der Waals surface area contributed by atoms with Crippen LogP contribution in [0, 0.1) is 25.2 Å². The van der Waals surface area contributed by atoms with Crippen molar-refractivity contribution in [2.24, 2.45) is 0 Å². The van der Waals surface area contributed by atoms with Crippen molar-refractivity contribution in [1.29, 1.82) is 5.26 Å². The normalized spacial score (nSPS) is 11.1. The Labute approximate surface area is 218 Å². The second-order valence-electron chi connectivity index (χ2n) is 9.29. The molecule has 0 saturated heterocycles. The summed E-state index contributed by atoms with van der Waals surface area (Å²) in [7, 11) is 0.